The van der Waals surface area contributed by atoms with E-state index in [1.807, 2.05) is 61.5 Å². The molecule has 1 aromatic heterocycles. The fourth-order valence-electron chi connectivity index (χ4n) is 2.98. The van der Waals surface area contributed by atoms with Crippen molar-refractivity contribution in [1.82, 2.24) is 5.16 Å². The van der Waals surface area contributed by atoms with E-state index in [0.29, 0.717) is 17.9 Å². The van der Waals surface area contributed by atoms with Crippen molar-refractivity contribution >= 4 is 23.4 Å². The number of aryl methyl sites for hydroxylation is 1. The molecule has 3 aromatic rings. The third-order valence-corrected chi connectivity index (χ3v) is 5.78. The average molecular weight is 409 g/mol. The number of benzene rings is 2. The minimum absolute atomic E-state index is 0.127. The van der Waals surface area contributed by atoms with E-state index in [1.54, 1.807) is 11.8 Å². The summed E-state index contributed by atoms with van der Waals surface area (Å²) in [4.78, 5) is 13.8. The van der Waals surface area contributed by atoms with Crippen LogP contribution in [0.25, 0.3) is 0 Å². The van der Waals surface area contributed by atoms with Crippen molar-refractivity contribution in [1.29, 1.82) is 0 Å². The SMILES string of the molecule is Cc1cc(CSc2ccccc2C(=O)Nc2cccc(COCC3CC3)c2)on1. The molecule has 5 nitrogen and oxygen atoms in total. The van der Waals surface area contributed by atoms with Crippen LogP contribution in [0, 0.1) is 12.8 Å². The van der Waals surface area contributed by atoms with Gasteiger partial charge in [0, 0.05) is 23.3 Å². The zero-order chi connectivity index (χ0) is 20.1. The van der Waals surface area contributed by atoms with Crippen LogP contribution in [0.2, 0.25) is 0 Å². The molecule has 0 bridgehead atoms. The van der Waals surface area contributed by atoms with Crippen LogP contribution in [0.4, 0.5) is 5.69 Å². The van der Waals surface area contributed by atoms with E-state index in [-0.39, 0.29) is 5.91 Å². The largest absolute Gasteiger partial charge is 0.376 e. The summed E-state index contributed by atoms with van der Waals surface area (Å²) in [6.07, 6.45) is 2.56. The highest BCUT2D eigenvalue weighted by molar-refractivity contribution is 7.98. The minimum Gasteiger partial charge on any atom is -0.376 e. The molecule has 1 amide bonds. The Morgan fingerprint density at radius 1 is 1.21 bits per heavy atom. The van der Waals surface area contributed by atoms with Crippen LogP contribution >= 0.6 is 11.8 Å². The van der Waals surface area contributed by atoms with Crippen molar-refractivity contribution in [3.05, 3.63) is 77.2 Å². The van der Waals surface area contributed by atoms with Gasteiger partial charge in [0.2, 0.25) is 0 Å². The molecule has 1 saturated carbocycles. The Kier molecular flexibility index (Phi) is 6.32. The van der Waals surface area contributed by atoms with Gasteiger partial charge in [-0.2, -0.15) is 0 Å². The lowest BCUT2D eigenvalue weighted by Gasteiger charge is -2.11. The molecule has 0 spiro atoms. The van der Waals surface area contributed by atoms with Crippen LogP contribution in [-0.4, -0.2) is 17.7 Å². The molecule has 1 aliphatic carbocycles. The summed E-state index contributed by atoms with van der Waals surface area (Å²) in [6.45, 7) is 3.29. The monoisotopic (exact) mass is 408 g/mol. The Balaban J connectivity index is 1.39. The van der Waals surface area contributed by atoms with Gasteiger partial charge in [0.1, 0.15) is 5.76 Å². The van der Waals surface area contributed by atoms with Crippen molar-refractivity contribution in [2.75, 3.05) is 11.9 Å². The molecule has 4 rings (SSSR count). The highest BCUT2D eigenvalue weighted by Gasteiger charge is 2.21. The molecule has 29 heavy (non-hydrogen) atoms. The molecular weight excluding hydrogens is 384 g/mol. The standard InChI is InChI=1S/C23H24N2O3S/c1-16-11-20(28-25-16)15-29-22-8-3-2-7-21(22)23(26)24-19-6-4-5-18(12-19)14-27-13-17-9-10-17/h2-8,11-12,17H,9-10,13-15H2,1H3,(H,24,26). The van der Waals surface area contributed by atoms with Crippen LogP contribution in [0.1, 0.15) is 40.2 Å². The van der Waals surface area contributed by atoms with Crippen LogP contribution in [-0.2, 0) is 17.1 Å². The molecule has 0 unspecified atom stereocenters. The molecule has 0 radical (unpaired) electrons. The molecule has 1 fully saturated rings. The Morgan fingerprint density at radius 3 is 2.86 bits per heavy atom. The van der Waals surface area contributed by atoms with Crippen molar-refractivity contribution in [2.24, 2.45) is 5.92 Å². The van der Waals surface area contributed by atoms with Crippen LogP contribution in [0.15, 0.2) is 64.0 Å². The van der Waals surface area contributed by atoms with E-state index < -0.39 is 0 Å². The number of hydrogen-bond donors (Lipinski definition) is 1. The number of hydrogen-bond acceptors (Lipinski definition) is 5. The first-order chi connectivity index (χ1) is 14.2. The molecule has 0 aliphatic heterocycles. The summed E-state index contributed by atoms with van der Waals surface area (Å²) in [7, 11) is 0. The lowest BCUT2D eigenvalue weighted by molar-refractivity contribution is 0.102. The highest BCUT2D eigenvalue weighted by atomic mass is 32.2. The van der Waals surface area contributed by atoms with Gasteiger partial charge in [0.05, 0.1) is 23.6 Å². The van der Waals surface area contributed by atoms with Gasteiger partial charge in [-0.15, -0.1) is 11.8 Å². The zero-order valence-corrected chi connectivity index (χ0v) is 17.2. The number of thioether (sulfide) groups is 1. The van der Waals surface area contributed by atoms with Crippen LogP contribution in [0.3, 0.4) is 0 Å². The number of carbonyl (C=O) groups excluding carboxylic acids is 1. The maximum absolute atomic E-state index is 12.9. The molecule has 0 saturated heterocycles. The number of rotatable bonds is 9. The maximum atomic E-state index is 12.9. The first-order valence-corrected chi connectivity index (χ1v) is 10.8. The maximum Gasteiger partial charge on any atom is 0.256 e. The second-order valence-corrected chi connectivity index (χ2v) is 8.35. The van der Waals surface area contributed by atoms with Crippen molar-refractivity contribution in [2.45, 2.75) is 37.0 Å². The quantitative estimate of drug-likeness (QED) is 0.477. The average Bonchev–Trinajstić information content (AvgIpc) is 3.46. The normalized spacial score (nSPS) is 13.4. The summed E-state index contributed by atoms with van der Waals surface area (Å²) >= 11 is 1.56. The number of amides is 1. The van der Waals surface area contributed by atoms with Crippen molar-refractivity contribution in [3.8, 4) is 0 Å². The van der Waals surface area contributed by atoms with Gasteiger partial charge in [-0.25, -0.2) is 0 Å². The van der Waals surface area contributed by atoms with E-state index in [4.69, 9.17) is 9.26 Å². The second-order valence-electron chi connectivity index (χ2n) is 7.33. The van der Waals surface area contributed by atoms with E-state index in [0.717, 1.165) is 40.1 Å². The number of aromatic nitrogens is 1. The van der Waals surface area contributed by atoms with Gasteiger partial charge in [-0.05, 0) is 55.5 Å². The molecule has 2 aromatic carbocycles. The molecule has 0 atom stereocenters. The number of nitrogens with zero attached hydrogens (tertiary/aromatic N) is 1. The predicted molar refractivity (Wildman–Crippen MR) is 114 cm³/mol. The zero-order valence-electron chi connectivity index (χ0n) is 16.4. The molecule has 150 valence electrons. The summed E-state index contributed by atoms with van der Waals surface area (Å²) in [6, 6.07) is 17.3. The van der Waals surface area contributed by atoms with E-state index in [9.17, 15) is 4.79 Å². The first kappa shape index (κ1) is 19.7. The number of carbonyl (C=O) groups is 1. The number of anilines is 1. The van der Waals surface area contributed by atoms with Gasteiger partial charge in [0.25, 0.3) is 5.91 Å². The number of nitrogens with one attached hydrogen (secondary N) is 1. The third-order valence-electron chi connectivity index (χ3n) is 4.68. The molecular formula is C23H24N2O3S. The topological polar surface area (TPSA) is 64.4 Å². The van der Waals surface area contributed by atoms with Crippen LogP contribution in [0.5, 0.6) is 0 Å². The lowest BCUT2D eigenvalue weighted by atomic mass is 10.2. The number of ether oxygens (including phenoxy) is 1. The molecule has 6 heteroatoms. The fourth-order valence-corrected chi connectivity index (χ4v) is 3.90. The first-order valence-electron chi connectivity index (χ1n) is 9.79. The van der Waals surface area contributed by atoms with E-state index in [2.05, 4.69) is 10.5 Å². The van der Waals surface area contributed by atoms with E-state index >= 15 is 0 Å². The predicted octanol–water partition coefficient (Wildman–Crippen LogP) is 5.45. The summed E-state index contributed by atoms with van der Waals surface area (Å²) < 4.78 is 11.0. The van der Waals surface area contributed by atoms with Crippen molar-refractivity contribution in [3.63, 3.8) is 0 Å². The Bertz CT molecular complexity index is 982. The highest BCUT2D eigenvalue weighted by Crippen LogP contribution is 2.29. The van der Waals surface area contributed by atoms with Gasteiger partial charge >= 0.3 is 0 Å². The molecule has 1 N–H and O–H groups in total. The fraction of sp³-hybridized carbons (Fsp3) is 0.304. The Morgan fingerprint density at radius 2 is 2.07 bits per heavy atom. The van der Waals surface area contributed by atoms with Gasteiger partial charge in [-0.1, -0.05) is 29.4 Å². The van der Waals surface area contributed by atoms with E-state index in [1.165, 1.54) is 12.8 Å². The van der Waals surface area contributed by atoms with Gasteiger partial charge in [0.15, 0.2) is 0 Å². The third kappa shape index (κ3) is 5.71. The Hall–Kier alpha value is -2.57. The molecule has 1 aliphatic rings. The van der Waals surface area contributed by atoms with Gasteiger partial charge in [-0.3, -0.25) is 4.79 Å². The molecule has 1 heterocycles. The van der Waals surface area contributed by atoms with Gasteiger partial charge < -0.3 is 14.6 Å². The minimum atomic E-state index is -0.127. The second kappa shape index (κ2) is 9.29. The summed E-state index contributed by atoms with van der Waals surface area (Å²) in [5.41, 5.74) is 3.33. The smallest absolute Gasteiger partial charge is 0.256 e. The lowest BCUT2D eigenvalue weighted by Crippen LogP contribution is -2.13. The summed E-state index contributed by atoms with van der Waals surface area (Å²) in [5.74, 6) is 2.03. The Labute approximate surface area is 174 Å². The van der Waals surface area contributed by atoms with Crippen molar-refractivity contribution < 1.29 is 14.1 Å². The van der Waals surface area contributed by atoms with Crippen LogP contribution < -0.4 is 5.32 Å². The summed E-state index contributed by atoms with van der Waals surface area (Å²) in [5, 5.41) is 6.92.